The van der Waals surface area contributed by atoms with Crippen LogP contribution in [0.2, 0.25) is 0 Å². The molecule has 0 bridgehead atoms. The van der Waals surface area contributed by atoms with Gasteiger partial charge >= 0.3 is 0 Å². The van der Waals surface area contributed by atoms with Crippen LogP contribution in [0.3, 0.4) is 0 Å². The van der Waals surface area contributed by atoms with E-state index < -0.39 is 0 Å². The summed E-state index contributed by atoms with van der Waals surface area (Å²) in [5.41, 5.74) is 3.53. The molecule has 164 valence electrons. The Morgan fingerprint density at radius 2 is 1.70 bits per heavy atom. The number of carbonyl (C=O) groups is 1. The third kappa shape index (κ3) is 2.63. The van der Waals surface area contributed by atoms with E-state index in [1.54, 1.807) is 11.3 Å². The summed E-state index contributed by atoms with van der Waals surface area (Å²) in [6.45, 7) is 10.0. The van der Waals surface area contributed by atoms with Crippen molar-refractivity contribution in [2.75, 3.05) is 26.2 Å². The minimum absolute atomic E-state index is 0.0166. The molecule has 3 nitrogen and oxygen atoms in total. The summed E-state index contributed by atoms with van der Waals surface area (Å²) in [6.07, 6.45) is 17.6. The molecule has 0 radical (unpaired) electrons. The Morgan fingerprint density at radius 3 is 2.47 bits per heavy atom. The second-order valence-electron chi connectivity index (χ2n) is 11.8. The van der Waals surface area contributed by atoms with E-state index in [1.807, 2.05) is 0 Å². The first-order chi connectivity index (χ1) is 14.5. The number of hydrogen-bond donors (Lipinski definition) is 0. The van der Waals surface area contributed by atoms with Crippen molar-refractivity contribution in [2.45, 2.75) is 84.1 Å². The number of nitrogens with zero attached hydrogens (tertiary/aromatic N) is 2. The lowest BCUT2D eigenvalue weighted by atomic mass is 9.47. The van der Waals surface area contributed by atoms with Gasteiger partial charge in [0.2, 0.25) is 0 Å². The maximum atomic E-state index is 12.8. The summed E-state index contributed by atoms with van der Waals surface area (Å²) in [6, 6.07) is 0.654. The molecule has 6 atom stereocenters. The summed E-state index contributed by atoms with van der Waals surface area (Å²) in [5, 5.41) is 0. The van der Waals surface area contributed by atoms with Crippen molar-refractivity contribution in [2.24, 2.45) is 28.6 Å². The average molecular weight is 409 g/mol. The summed E-state index contributed by atoms with van der Waals surface area (Å²) in [4.78, 5) is 18.4. The average Bonchev–Trinajstić information content (AvgIpc) is 3.49. The van der Waals surface area contributed by atoms with Gasteiger partial charge in [-0.1, -0.05) is 19.9 Å². The van der Waals surface area contributed by atoms with Crippen LogP contribution in [-0.2, 0) is 4.79 Å². The number of rotatable bonds is 2. The van der Waals surface area contributed by atoms with E-state index in [0.29, 0.717) is 17.7 Å². The number of ketones is 1. The highest BCUT2D eigenvalue weighted by molar-refractivity contribution is 5.87. The summed E-state index contributed by atoms with van der Waals surface area (Å²) in [5.74, 6) is 2.67. The molecule has 2 saturated carbocycles. The molecule has 2 saturated heterocycles. The molecule has 6 rings (SSSR count). The minimum atomic E-state index is -0.0166. The number of Topliss-reactive ketones (excluding diaryl/α,β-unsaturated/α-hetero) is 1. The lowest BCUT2D eigenvalue weighted by molar-refractivity contribution is -0.132. The fraction of sp³-hybridized carbons (Fsp3) is 0.815. The molecule has 4 fully saturated rings. The highest BCUT2D eigenvalue weighted by Gasteiger charge is 2.60. The van der Waals surface area contributed by atoms with Crippen LogP contribution in [0.4, 0.5) is 0 Å². The van der Waals surface area contributed by atoms with Crippen molar-refractivity contribution in [3.63, 3.8) is 0 Å². The van der Waals surface area contributed by atoms with Crippen molar-refractivity contribution >= 4 is 5.78 Å². The molecule has 30 heavy (non-hydrogen) atoms. The number of carbonyl (C=O) groups excluding carboxylic acids is 1. The predicted molar refractivity (Wildman–Crippen MR) is 121 cm³/mol. The lowest BCUT2D eigenvalue weighted by Gasteiger charge is -2.60. The Kier molecular flexibility index (Phi) is 4.54. The van der Waals surface area contributed by atoms with Crippen LogP contribution in [0, 0.1) is 28.6 Å². The molecule has 6 aliphatic rings. The summed E-state index contributed by atoms with van der Waals surface area (Å²) >= 11 is 0. The van der Waals surface area contributed by atoms with Crippen molar-refractivity contribution in [1.29, 1.82) is 0 Å². The van der Waals surface area contributed by atoms with E-state index in [4.69, 9.17) is 0 Å². The van der Waals surface area contributed by atoms with Gasteiger partial charge in [-0.05, 0) is 93.9 Å². The monoisotopic (exact) mass is 408 g/mol. The van der Waals surface area contributed by atoms with Gasteiger partial charge in [0.25, 0.3) is 0 Å². The SMILES string of the molecule is C[C@]12C(=CC[C@@H]3[C@@H]1CC[C@]1(C)C(=O)CC[C@@H]31)C=C(N1CCCC1)C[C@@H]2N1CCCC1. The van der Waals surface area contributed by atoms with Gasteiger partial charge in [0, 0.05) is 48.5 Å². The summed E-state index contributed by atoms with van der Waals surface area (Å²) < 4.78 is 0. The first kappa shape index (κ1) is 19.6. The minimum Gasteiger partial charge on any atom is -0.375 e. The molecule has 3 heteroatoms. The number of fused-ring (bicyclic) bond motifs is 5. The standard InChI is InChI=1S/C27H40N2O/c1-26-12-11-23-21(22(26)9-10-25(26)30)8-7-19-17-20(28-13-3-4-14-28)18-24(27(19,23)2)29-15-5-6-16-29/h7,17,21-24H,3-6,8-16,18H2,1-2H3/t21-,22-,23-,24-,26-,27-/m0/s1. The van der Waals surface area contributed by atoms with Crippen molar-refractivity contribution < 1.29 is 4.79 Å². The lowest BCUT2D eigenvalue weighted by Crippen LogP contribution is -2.58. The summed E-state index contributed by atoms with van der Waals surface area (Å²) in [7, 11) is 0. The Bertz CT molecular complexity index is 787. The normalized spacial score (nSPS) is 46.3. The molecule has 0 aromatic carbocycles. The predicted octanol–water partition coefficient (Wildman–Crippen LogP) is 5.18. The number of allylic oxidation sites excluding steroid dienone is 2. The third-order valence-electron chi connectivity index (χ3n) is 10.7. The van der Waals surface area contributed by atoms with E-state index in [-0.39, 0.29) is 10.8 Å². The largest absolute Gasteiger partial charge is 0.375 e. The maximum absolute atomic E-state index is 12.8. The number of hydrogen-bond acceptors (Lipinski definition) is 3. The molecule has 2 heterocycles. The van der Waals surface area contributed by atoms with Gasteiger partial charge in [-0.15, -0.1) is 0 Å². The fourth-order valence-electron chi connectivity index (χ4n) is 8.92. The molecule has 0 amide bonds. The van der Waals surface area contributed by atoms with Gasteiger partial charge in [-0.3, -0.25) is 9.69 Å². The molecule has 0 N–H and O–H groups in total. The van der Waals surface area contributed by atoms with Crippen LogP contribution in [0.1, 0.15) is 78.1 Å². The molecule has 2 aliphatic heterocycles. The Labute approximate surface area is 182 Å². The van der Waals surface area contributed by atoms with Crippen LogP contribution in [-0.4, -0.2) is 47.8 Å². The van der Waals surface area contributed by atoms with Gasteiger partial charge in [-0.25, -0.2) is 0 Å². The fourth-order valence-corrected chi connectivity index (χ4v) is 8.92. The van der Waals surface area contributed by atoms with Crippen LogP contribution < -0.4 is 0 Å². The zero-order valence-electron chi connectivity index (χ0n) is 19.2. The van der Waals surface area contributed by atoms with Gasteiger partial charge < -0.3 is 4.90 Å². The molecular formula is C27H40N2O. The van der Waals surface area contributed by atoms with E-state index in [0.717, 1.165) is 31.1 Å². The first-order valence-corrected chi connectivity index (χ1v) is 13.0. The van der Waals surface area contributed by atoms with Crippen molar-refractivity contribution in [3.8, 4) is 0 Å². The topological polar surface area (TPSA) is 23.6 Å². The van der Waals surface area contributed by atoms with E-state index in [2.05, 4.69) is 35.8 Å². The van der Waals surface area contributed by atoms with Crippen molar-refractivity contribution in [3.05, 3.63) is 23.4 Å². The zero-order chi connectivity index (χ0) is 20.5. The molecule has 0 aromatic rings. The van der Waals surface area contributed by atoms with Crippen LogP contribution in [0.5, 0.6) is 0 Å². The van der Waals surface area contributed by atoms with E-state index >= 15 is 0 Å². The Morgan fingerprint density at radius 1 is 0.967 bits per heavy atom. The highest BCUT2D eigenvalue weighted by Crippen LogP contribution is 2.64. The third-order valence-corrected chi connectivity index (χ3v) is 10.7. The Hall–Kier alpha value is -1.09. The smallest absolute Gasteiger partial charge is 0.139 e. The second kappa shape index (κ2) is 6.95. The van der Waals surface area contributed by atoms with Gasteiger partial charge in [0.1, 0.15) is 5.78 Å². The molecule has 0 aromatic heterocycles. The number of likely N-dealkylation sites (tertiary alicyclic amines) is 2. The Balaban J connectivity index is 1.40. The molecule has 0 unspecified atom stereocenters. The van der Waals surface area contributed by atoms with Gasteiger partial charge in [0.15, 0.2) is 0 Å². The molecule has 4 aliphatic carbocycles. The van der Waals surface area contributed by atoms with Gasteiger partial charge in [-0.2, -0.15) is 0 Å². The first-order valence-electron chi connectivity index (χ1n) is 13.0. The molecular weight excluding hydrogens is 368 g/mol. The zero-order valence-corrected chi connectivity index (χ0v) is 19.2. The quantitative estimate of drug-likeness (QED) is 0.629. The van der Waals surface area contributed by atoms with Crippen LogP contribution in [0.15, 0.2) is 23.4 Å². The highest BCUT2D eigenvalue weighted by atomic mass is 16.1. The van der Waals surface area contributed by atoms with Crippen LogP contribution in [0.25, 0.3) is 0 Å². The van der Waals surface area contributed by atoms with Crippen LogP contribution >= 0.6 is 0 Å². The molecule has 0 spiro atoms. The second-order valence-corrected chi connectivity index (χ2v) is 11.8. The van der Waals surface area contributed by atoms with E-state index in [9.17, 15) is 4.79 Å². The van der Waals surface area contributed by atoms with Gasteiger partial charge in [0.05, 0.1) is 0 Å². The maximum Gasteiger partial charge on any atom is 0.139 e. The van der Waals surface area contributed by atoms with E-state index in [1.165, 1.54) is 71.1 Å². The van der Waals surface area contributed by atoms with Crippen molar-refractivity contribution in [1.82, 2.24) is 9.80 Å².